The maximum Gasteiger partial charge on any atom is 0.0749 e. The van der Waals surface area contributed by atoms with Crippen molar-refractivity contribution >= 4 is 89.9 Å². The predicted molar refractivity (Wildman–Crippen MR) is 391 cm³/mol. The second kappa shape index (κ2) is 19.6. The van der Waals surface area contributed by atoms with Crippen molar-refractivity contribution in [2.45, 2.75) is 94.0 Å². The summed E-state index contributed by atoms with van der Waals surface area (Å²) in [7, 11) is 0. The van der Waals surface area contributed by atoms with Gasteiger partial charge in [0.2, 0.25) is 0 Å². The topological polar surface area (TPSA) is 27.2 Å². The van der Waals surface area contributed by atoms with Crippen LogP contribution in [0.25, 0.3) is 84.3 Å². The highest BCUT2D eigenvalue weighted by atomic mass is 15.4. The van der Waals surface area contributed by atoms with E-state index in [4.69, 9.17) is 0 Å². The minimum absolute atomic E-state index is 0.0317. The van der Waals surface area contributed by atoms with Crippen LogP contribution in [0.15, 0.2) is 272 Å². The highest BCUT2D eigenvalue weighted by molar-refractivity contribution is 6.23. The van der Waals surface area contributed by atoms with Gasteiger partial charge >= 0.3 is 0 Å². The Balaban J connectivity index is 0.000000198. The van der Waals surface area contributed by atoms with Gasteiger partial charge in [0.25, 0.3) is 0 Å². The number of hydrogen-bond acceptors (Lipinski definition) is 2. The Morgan fingerprint density at radius 1 is 0.602 bits per heavy atom. The van der Waals surface area contributed by atoms with E-state index in [1.807, 2.05) is 13.8 Å². The summed E-state index contributed by atoms with van der Waals surface area (Å²) in [6.45, 7) is 6.21. The van der Waals surface area contributed by atoms with Crippen LogP contribution in [0.5, 0.6) is 0 Å². The van der Waals surface area contributed by atoms with Crippen molar-refractivity contribution in [1.29, 1.82) is 0 Å². The van der Waals surface area contributed by atoms with Gasteiger partial charge in [0.05, 0.1) is 33.2 Å². The molecule has 93 heavy (non-hydrogen) atoms. The standard InChI is InChI=1S/C65H51N3.C22H17N.C2H6/c1-43-14-11-19-49(31-27-43)66(50-20-12-21-51(33-32-50)67-59-36-30-44-16-5-8-23-53(44)60(59)56-34-28-45-15-3-2-4-24-54(45)61(56)67)52-22-13-38-63(41-48(63)40-52)68-62-55-25-9-6-17-46(55)29-35-58(62)65-42-64(65,68)39-37-47-18-7-10-26-57(47)65;1-2-9-22-10-8-15-19-14-5-4-12-11-16(12)13(14)6-7-18(19)23-21(15)20(22)17(22)3-1;1-2/h2-11,13-18,20-21,23,25-40,48H,12,19,22,24,41-42H2,1H3;1-10,12,16-17,20,23H,11H2;1-2H3. The van der Waals surface area contributed by atoms with E-state index in [-0.39, 0.29) is 21.9 Å². The molecule has 0 bridgehead atoms. The van der Waals surface area contributed by atoms with Crippen molar-refractivity contribution in [3.05, 3.63) is 322 Å². The number of nitrogens with zero attached hydrogens (tertiary/aromatic N) is 3. The summed E-state index contributed by atoms with van der Waals surface area (Å²) in [5.41, 5.74) is 24.8. The van der Waals surface area contributed by atoms with Crippen molar-refractivity contribution in [3.63, 3.8) is 0 Å². The number of aromatic nitrogens is 2. The van der Waals surface area contributed by atoms with E-state index in [0.29, 0.717) is 17.8 Å². The lowest BCUT2D eigenvalue weighted by Gasteiger charge is -2.39. The van der Waals surface area contributed by atoms with Crippen LogP contribution in [0.3, 0.4) is 0 Å². The van der Waals surface area contributed by atoms with Crippen molar-refractivity contribution in [2.24, 2.45) is 23.2 Å². The lowest BCUT2D eigenvalue weighted by Crippen LogP contribution is -2.47. The van der Waals surface area contributed by atoms with Gasteiger partial charge in [-0.1, -0.05) is 262 Å². The van der Waals surface area contributed by atoms with Gasteiger partial charge in [0.15, 0.2) is 0 Å². The Morgan fingerprint density at radius 2 is 1.46 bits per heavy atom. The van der Waals surface area contributed by atoms with Gasteiger partial charge in [-0.2, -0.15) is 0 Å². The molecule has 9 unspecified atom stereocenters. The number of fused-ring (bicyclic) bond motifs is 21. The van der Waals surface area contributed by atoms with Gasteiger partial charge in [-0.3, -0.25) is 0 Å². The average molecular weight is 1200 g/mol. The van der Waals surface area contributed by atoms with Gasteiger partial charge < -0.3 is 19.4 Å². The SMILES string of the molecule is C1=CC2C3c4[nH]c5ccc6c(c5c4C=CC23C=C1)C=CC1CC61.CC.CC1=CC=C(N(C2=CCC=C(n3c4ccc5ccccc5c4c4ccc5c(c43)CC=CC=C5)C=C2)C2=CC3CC3(N3c4c(ccc5ccccc45)C45CC34C=Cc3ccccc35)C=CC2)CC=C1. The quantitative estimate of drug-likeness (QED) is 0.174. The van der Waals surface area contributed by atoms with E-state index < -0.39 is 0 Å². The fraction of sp³-hybridized carbons (Fsp3) is 0.213. The van der Waals surface area contributed by atoms with Crippen LogP contribution >= 0.6 is 0 Å². The maximum absolute atomic E-state index is 3.78. The zero-order valence-electron chi connectivity index (χ0n) is 53.2. The largest absolute Gasteiger partial charge is 0.358 e. The number of H-pyrrole nitrogens is 1. The first-order chi connectivity index (χ1) is 45.9. The monoisotopic (exact) mass is 1200 g/mol. The van der Waals surface area contributed by atoms with Crippen LogP contribution in [0.4, 0.5) is 5.69 Å². The molecule has 9 aromatic rings. The number of hydrogen-bond donors (Lipinski definition) is 1. The molecule has 2 aromatic heterocycles. The van der Waals surface area contributed by atoms with Crippen LogP contribution in [-0.4, -0.2) is 25.5 Å². The molecule has 7 aromatic carbocycles. The number of rotatable bonds is 5. The number of aromatic amines is 1. The molecule has 12 aliphatic carbocycles. The molecule has 1 aliphatic heterocycles. The molecule has 1 spiro atoms. The summed E-state index contributed by atoms with van der Waals surface area (Å²) < 4.78 is 2.57. The molecule has 13 aliphatic rings. The minimum Gasteiger partial charge on any atom is -0.358 e. The summed E-state index contributed by atoms with van der Waals surface area (Å²) in [5, 5.41) is 9.39. The highest BCUT2D eigenvalue weighted by Gasteiger charge is 2.81. The third kappa shape index (κ3) is 7.38. The van der Waals surface area contributed by atoms with Crippen molar-refractivity contribution in [1.82, 2.24) is 14.5 Å². The number of benzene rings is 7. The lowest BCUT2D eigenvalue weighted by atomic mass is 9.79. The van der Waals surface area contributed by atoms with E-state index in [0.717, 1.165) is 50.4 Å². The van der Waals surface area contributed by atoms with Gasteiger partial charge in [-0.15, -0.1) is 0 Å². The van der Waals surface area contributed by atoms with Gasteiger partial charge in [0.1, 0.15) is 0 Å². The Labute approximate surface area is 545 Å². The van der Waals surface area contributed by atoms with E-state index in [1.54, 1.807) is 5.56 Å². The van der Waals surface area contributed by atoms with Gasteiger partial charge in [-0.05, 0) is 142 Å². The Hall–Kier alpha value is -9.90. The zero-order chi connectivity index (χ0) is 61.5. The molecule has 9 atom stereocenters. The summed E-state index contributed by atoms with van der Waals surface area (Å²) >= 11 is 0. The minimum atomic E-state index is -0.110. The normalized spacial score (nSPS) is 28.7. The fourth-order valence-corrected chi connectivity index (χ4v) is 19.4. The fourth-order valence-electron chi connectivity index (χ4n) is 19.4. The first kappa shape index (κ1) is 53.7. The van der Waals surface area contributed by atoms with Crippen molar-refractivity contribution < 1.29 is 0 Å². The Morgan fingerprint density at radius 3 is 2.40 bits per heavy atom. The third-order valence-corrected chi connectivity index (χ3v) is 23.8. The van der Waals surface area contributed by atoms with E-state index in [1.165, 1.54) is 139 Å². The molecule has 4 saturated carbocycles. The van der Waals surface area contributed by atoms with Crippen molar-refractivity contribution in [2.75, 3.05) is 4.90 Å². The smallest absolute Gasteiger partial charge is 0.0749 e. The lowest BCUT2D eigenvalue weighted by molar-refractivity contribution is 0.513. The molecule has 3 heterocycles. The van der Waals surface area contributed by atoms with E-state index >= 15 is 0 Å². The second-order valence-corrected chi connectivity index (χ2v) is 28.3. The average Bonchev–Trinajstić information content (AvgIpc) is 1.44. The highest BCUT2D eigenvalue weighted by Crippen LogP contribution is 2.79. The molecule has 4 nitrogen and oxygen atoms in total. The first-order valence-corrected chi connectivity index (χ1v) is 34.6. The van der Waals surface area contributed by atoms with E-state index in [9.17, 15) is 0 Å². The molecular formula is C89H74N4. The van der Waals surface area contributed by atoms with Crippen LogP contribution in [0.1, 0.15) is 121 Å². The second-order valence-electron chi connectivity index (χ2n) is 28.3. The van der Waals surface area contributed by atoms with E-state index in [2.05, 4.69) is 300 Å². The van der Waals surface area contributed by atoms with Gasteiger partial charge in [-0.25, -0.2) is 0 Å². The molecule has 450 valence electrons. The number of allylic oxidation sites excluding steroid dienone is 20. The molecule has 0 saturated heterocycles. The van der Waals surface area contributed by atoms with Gasteiger partial charge in [0, 0.05) is 91.2 Å². The zero-order valence-corrected chi connectivity index (χ0v) is 53.2. The summed E-state index contributed by atoms with van der Waals surface area (Å²) in [4.78, 5) is 9.35. The molecule has 1 N–H and O–H groups in total. The predicted octanol–water partition coefficient (Wildman–Crippen LogP) is 21.8. The molecule has 22 rings (SSSR count). The number of anilines is 1. The first-order valence-electron chi connectivity index (χ1n) is 34.6. The Bertz CT molecular complexity index is 5360. The molecular weight excluding hydrogens is 1130 g/mol. The van der Waals surface area contributed by atoms with Crippen LogP contribution in [0.2, 0.25) is 0 Å². The summed E-state index contributed by atoms with van der Waals surface area (Å²) in [6, 6.07) is 46.1. The van der Waals surface area contributed by atoms with Crippen LogP contribution in [0, 0.1) is 23.2 Å². The van der Waals surface area contributed by atoms with Crippen LogP contribution < -0.4 is 4.90 Å². The molecule has 0 radical (unpaired) electrons. The molecule has 0 amide bonds. The van der Waals surface area contributed by atoms with Crippen LogP contribution in [-0.2, 0) is 11.8 Å². The summed E-state index contributed by atoms with van der Waals surface area (Å²) in [6.07, 6.45) is 66.7. The Kier molecular flexibility index (Phi) is 11.3. The van der Waals surface area contributed by atoms with Crippen molar-refractivity contribution in [3.8, 4) is 0 Å². The molecule has 4 heteroatoms. The maximum atomic E-state index is 3.78. The third-order valence-electron chi connectivity index (χ3n) is 23.8. The summed E-state index contributed by atoms with van der Waals surface area (Å²) in [5.74, 6) is 3.24. The number of nitrogens with one attached hydrogen (secondary N) is 1. The molecule has 4 fully saturated rings.